The highest BCUT2D eigenvalue weighted by molar-refractivity contribution is 6.07. The number of hydrogen-bond donors (Lipinski definition) is 8. The first-order valence-electron chi connectivity index (χ1n) is 22.5. The maximum Gasteiger partial charge on any atom is 0.342 e. The Morgan fingerprint density at radius 2 is 1.37 bits per heavy atom. The number of methoxy groups -OCH3 is 2. The first kappa shape index (κ1) is 47.2. The molecule has 67 heavy (non-hydrogen) atoms. The molecule has 4 aliphatic heterocycles. The van der Waals surface area contributed by atoms with Gasteiger partial charge in [-0.2, -0.15) is 0 Å². The Morgan fingerprint density at radius 3 is 2.01 bits per heavy atom. The van der Waals surface area contributed by atoms with Crippen molar-refractivity contribution in [3.63, 3.8) is 0 Å². The summed E-state index contributed by atoms with van der Waals surface area (Å²) in [7, 11) is 2.68. The molecule has 5 aliphatic rings. The summed E-state index contributed by atoms with van der Waals surface area (Å²) in [4.78, 5) is 27.8. The van der Waals surface area contributed by atoms with E-state index in [1.807, 2.05) is 6.92 Å². The molecule has 8 N–H and O–H groups in total. The molecular formula is C47H56O20. The van der Waals surface area contributed by atoms with E-state index >= 15 is 0 Å². The smallest absolute Gasteiger partial charge is 0.342 e. The van der Waals surface area contributed by atoms with Crippen molar-refractivity contribution in [2.45, 2.75) is 158 Å². The number of rotatable bonds is 10. The van der Waals surface area contributed by atoms with E-state index in [4.69, 9.17) is 47.0 Å². The van der Waals surface area contributed by atoms with Gasteiger partial charge in [-0.15, -0.1) is 0 Å². The number of cyclic esters (lactones) is 1. The number of aliphatic hydroxyl groups excluding tert-OH is 5. The lowest BCUT2D eigenvalue weighted by Crippen LogP contribution is -2.56. The lowest BCUT2D eigenvalue weighted by Gasteiger charge is -2.44. The van der Waals surface area contributed by atoms with E-state index in [2.05, 4.69) is 0 Å². The molecule has 1 aliphatic carbocycles. The predicted octanol–water partition coefficient (Wildman–Crippen LogP) is 3.35. The summed E-state index contributed by atoms with van der Waals surface area (Å²) in [5.74, 6) is -3.27. The number of fused-ring (bicyclic) bond motifs is 6. The van der Waals surface area contributed by atoms with Gasteiger partial charge in [0.05, 0.1) is 43.7 Å². The standard InChI is InChI=1S/C47H56O20/c1-7-8-20-11-19-12-21-31(38(53)30(19)47(57)63-20)33-34(41(56)37(21)52)45(59-6)46-35(40(33)55)39(54)32-22(48)9-10-25(44(32)67-46)64-27-13-23(49)42(17(3)61-27)65-28-14-24(50)43(18(4)62-28)66-29-15-26(58-5)36(51)16(2)60-29/h9-10,12,16-18,20,23-24,26-29,36-37,41-43,48-53,55-56H,7-8,11,13-15H2,1-6H3/t16?,17?,18?,20?,23?,24?,26?,27?,28?,29?,36?,37-,41+,42?,43?/m1/s1. The maximum absolute atomic E-state index is 14.5. The van der Waals surface area contributed by atoms with Crippen molar-refractivity contribution < 1.29 is 92.7 Å². The summed E-state index contributed by atoms with van der Waals surface area (Å²) in [6.45, 7) is 6.97. The Morgan fingerprint density at radius 1 is 0.731 bits per heavy atom. The highest BCUT2D eigenvalue weighted by atomic mass is 16.7. The predicted molar refractivity (Wildman–Crippen MR) is 231 cm³/mol. The van der Waals surface area contributed by atoms with E-state index in [0.29, 0.717) is 12.0 Å². The van der Waals surface area contributed by atoms with Gasteiger partial charge in [-0.1, -0.05) is 19.4 Å². The topological polar surface area (TPSA) is 292 Å². The van der Waals surface area contributed by atoms with Crippen molar-refractivity contribution >= 4 is 27.9 Å². The molecule has 9 rings (SSSR count). The van der Waals surface area contributed by atoms with Crippen LogP contribution in [0.15, 0.2) is 27.4 Å². The van der Waals surface area contributed by atoms with Crippen LogP contribution < -0.4 is 14.9 Å². The molecule has 15 atom stereocenters. The Kier molecular flexibility index (Phi) is 12.9. The van der Waals surface area contributed by atoms with Gasteiger partial charge in [-0.05, 0) is 50.5 Å². The molecule has 0 saturated carbocycles. The minimum atomic E-state index is -1.80. The molecule has 0 spiro atoms. The van der Waals surface area contributed by atoms with Gasteiger partial charge in [0.15, 0.2) is 35.2 Å². The molecule has 3 saturated heterocycles. The molecule has 0 bridgehead atoms. The Balaban J connectivity index is 0.978. The van der Waals surface area contributed by atoms with Crippen LogP contribution in [0.1, 0.15) is 99.1 Å². The number of aliphatic hydroxyl groups is 5. The number of phenols is 3. The van der Waals surface area contributed by atoms with Crippen molar-refractivity contribution in [3.8, 4) is 39.9 Å². The van der Waals surface area contributed by atoms with Gasteiger partial charge < -0.3 is 87.9 Å². The zero-order valence-corrected chi connectivity index (χ0v) is 37.6. The summed E-state index contributed by atoms with van der Waals surface area (Å²) in [5, 5.41) is 90.0. The minimum absolute atomic E-state index is 0.0147. The zero-order valence-electron chi connectivity index (χ0n) is 37.6. The number of benzene rings is 3. The summed E-state index contributed by atoms with van der Waals surface area (Å²) in [6.07, 6.45) is -12.8. The van der Waals surface area contributed by atoms with E-state index in [0.717, 1.165) is 12.5 Å². The van der Waals surface area contributed by atoms with Crippen LogP contribution in [0.5, 0.6) is 28.7 Å². The highest BCUT2D eigenvalue weighted by Gasteiger charge is 2.47. The molecular weight excluding hydrogens is 884 g/mol. The first-order valence-corrected chi connectivity index (χ1v) is 22.5. The molecule has 4 aromatic rings. The normalized spacial score (nSPS) is 34.0. The van der Waals surface area contributed by atoms with Crippen LogP contribution in [0.2, 0.25) is 0 Å². The van der Waals surface area contributed by atoms with Gasteiger partial charge in [-0.3, -0.25) is 4.79 Å². The van der Waals surface area contributed by atoms with Gasteiger partial charge in [-0.25, -0.2) is 4.79 Å². The van der Waals surface area contributed by atoms with Gasteiger partial charge in [0.25, 0.3) is 0 Å². The summed E-state index contributed by atoms with van der Waals surface area (Å²) in [6, 6.07) is 3.93. The number of ether oxygens (including phenoxy) is 9. The number of carbonyl (C=O) groups excluding carboxylic acids is 1. The van der Waals surface area contributed by atoms with Crippen LogP contribution in [-0.2, 0) is 39.6 Å². The zero-order chi connectivity index (χ0) is 47.9. The van der Waals surface area contributed by atoms with E-state index < -0.39 is 137 Å². The average Bonchev–Trinajstić information content (AvgIpc) is 3.27. The second kappa shape index (κ2) is 18.2. The number of phenolic OH excluding ortho intramolecular Hbond substituents is 3. The summed E-state index contributed by atoms with van der Waals surface area (Å²) >= 11 is 0. The number of esters is 1. The van der Waals surface area contributed by atoms with E-state index in [-0.39, 0.29) is 70.6 Å². The van der Waals surface area contributed by atoms with E-state index in [9.17, 15) is 50.4 Å². The fourth-order valence-corrected chi connectivity index (χ4v) is 10.3. The van der Waals surface area contributed by atoms with Crippen molar-refractivity contribution in [1.29, 1.82) is 0 Å². The maximum atomic E-state index is 14.5. The fraction of sp³-hybridized carbons (Fsp3) is 0.574. The van der Waals surface area contributed by atoms with Crippen LogP contribution in [0.3, 0.4) is 0 Å². The fourth-order valence-electron chi connectivity index (χ4n) is 10.3. The van der Waals surface area contributed by atoms with Crippen LogP contribution >= 0.6 is 0 Å². The largest absolute Gasteiger partial charge is 0.507 e. The van der Waals surface area contributed by atoms with Gasteiger partial charge in [0, 0.05) is 49.5 Å². The lowest BCUT2D eigenvalue weighted by molar-refractivity contribution is -0.331. The Bertz CT molecular complexity index is 2590. The van der Waals surface area contributed by atoms with E-state index in [1.165, 1.54) is 26.4 Å². The molecule has 364 valence electrons. The number of carbonyl (C=O) groups is 1. The van der Waals surface area contributed by atoms with Crippen LogP contribution in [0.4, 0.5) is 0 Å². The van der Waals surface area contributed by atoms with Crippen LogP contribution in [0, 0.1) is 0 Å². The second-order valence-corrected chi connectivity index (χ2v) is 18.0. The molecule has 3 aromatic carbocycles. The number of hydrogen-bond acceptors (Lipinski definition) is 20. The van der Waals surface area contributed by atoms with Crippen LogP contribution in [-0.4, -0.2) is 141 Å². The molecule has 20 nitrogen and oxygen atoms in total. The Hall–Kier alpha value is -4.84. The number of aromatic hydroxyl groups is 3. The van der Waals surface area contributed by atoms with Crippen molar-refractivity contribution in [3.05, 3.63) is 50.7 Å². The molecule has 0 radical (unpaired) electrons. The Labute approximate surface area is 383 Å². The lowest BCUT2D eigenvalue weighted by atomic mass is 9.77. The van der Waals surface area contributed by atoms with Gasteiger partial charge in [0.2, 0.25) is 11.7 Å². The molecule has 1 aromatic heterocycles. The third-order valence-corrected chi connectivity index (χ3v) is 13.6. The second-order valence-electron chi connectivity index (χ2n) is 18.0. The van der Waals surface area contributed by atoms with Crippen molar-refractivity contribution in [2.24, 2.45) is 0 Å². The SMILES string of the molecule is CCCC1Cc2cc3c(c(O)c2C(=O)O1)-c1c(c(OC)c2oc4c(OC5CC(O)C(OC6CC(O)C(OC7CC(OC)C(O)C(C)O7)C(C)O6)C(C)O5)ccc(O)c4c(=O)c2c1O)[C@H](O)[C@@H]3O. The molecule has 5 heterocycles. The van der Waals surface area contributed by atoms with Gasteiger partial charge in [0.1, 0.15) is 70.2 Å². The van der Waals surface area contributed by atoms with Gasteiger partial charge >= 0.3 is 5.97 Å². The van der Waals surface area contributed by atoms with Crippen molar-refractivity contribution in [2.75, 3.05) is 14.2 Å². The molecule has 20 heteroatoms. The highest BCUT2D eigenvalue weighted by Crippen LogP contribution is 2.58. The third-order valence-electron chi connectivity index (χ3n) is 13.6. The first-order chi connectivity index (χ1) is 31.9. The molecule has 0 amide bonds. The quantitative estimate of drug-likeness (QED) is 0.0835. The van der Waals surface area contributed by atoms with E-state index in [1.54, 1.807) is 20.8 Å². The average molecular weight is 941 g/mol. The summed E-state index contributed by atoms with van der Waals surface area (Å²) < 4.78 is 59.4. The summed E-state index contributed by atoms with van der Waals surface area (Å²) in [5.41, 5.74) is -2.35. The third kappa shape index (κ3) is 8.04. The molecule has 3 fully saturated rings. The molecule has 13 unspecified atom stereocenters. The van der Waals surface area contributed by atoms with Crippen LogP contribution in [0.25, 0.3) is 33.1 Å². The monoisotopic (exact) mass is 940 g/mol. The van der Waals surface area contributed by atoms with Crippen molar-refractivity contribution in [1.82, 2.24) is 0 Å². The minimum Gasteiger partial charge on any atom is -0.507 e.